The van der Waals surface area contributed by atoms with E-state index in [1.807, 2.05) is 60.7 Å². The van der Waals surface area contributed by atoms with Gasteiger partial charge in [-0.05, 0) is 41.8 Å². The molecule has 10 aromatic rings. The van der Waals surface area contributed by atoms with Crippen LogP contribution in [-0.2, 0) is 0 Å². The molecule has 0 spiro atoms. The molecule has 0 aliphatic heterocycles. The summed E-state index contributed by atoms with van der Waals surface area (Å²) in [5.74, 6) is 1.87. The first-order valence-electron chi connectivity index (χ1n) is 16.1. The van der Waals surface area contributed by atoms with Crippen molar-refractivity contribution in [3.8, 4) is 34.4 Å². The molecule has 48 heavy (non-hydrogen) atoms. The highest BCUT2D eigenvalue weighted by Gasteiger charge is 2.22. The second-order valence-corrected chi connectivity index (χ2v) is 12.1. The lowest BCUT2D eigenvalue weighted by atomic mass is 9.98. The number of benzene rings is 7. The zero-order valence-electron chi connectivity index (χ0n) is 25.8. The van der Waals surface area contributed by atoms with Gasteiger partial charge in [-0.25, -0.2) is 4.98 Å². The van der Waals surface area contributed by atoms with Crippen LogP contribution in [0, 0.1) is 0 Å². The van der Waals surface area contributed by atoms with Crippen LogP contribution in [0.15, 0.2) is 164 Å². The van der Waals surface area contributed by atoms with Gasteiger partial charge in [-0.2, -0.15) is 9.97 Å². The lowest BCUT2D eigenvalue weighted by Gasteiger charge is -2.11. The average Bonchev–Trinajstić information content (AvgIpc) is 3.69. The molecule has 0 amide bonds. The SMILES string of the molecule is c1ccc(-c2nc(-c3ccccc3)nc(-n3c4ccccc4c4c5c(ccc6c5c5ccccc5n6-c5ccccc5)ccc43)n2)cc1. The Morgan fingerprint density at radius 1 is 0.333 bits per heavy atom. The molecular weight excluding hydrogens is 587 g/mol. The largest absolute Gasteiger partial charge is 0.309 e. The second kappa shape index (κ2) is 10.5. The third-order valence-corrected chi connectivity index (χ3v) is 9.35. The highest BCUT2D eigenvalue weighted by molar-refractivity contribution is 6.32. The molecule has 0 atom stereocenters. The van der Waals surface area contributed by atoms with Crippen molar-refractivity contribution in [1.29, 1.82) is 0 Å². The molecule has 0 saturated carbocycles. The minimum Gasteiger partial charge on any atom is -0.309 e. The molecular formula is C43H27N5. The second-order valence-electron chi connectivity index (χ2n) is 12.1. The van der Waals surface area contributed by atoms with E-state index in [2.05, 4.69) is 112 Å². The number of hydrogen-bond donors (Lipinski definition) is 0. The number of hydrogen-bond acceptors (Lipinski definition) is 3. The molecule has 0 aliphatic rings. The molecule has 3 aromatic heterocycles. The predicted molar refractivity (Wildman–Crippen MR) is 197 cm³/mol. The first-order chi connectivity index (χ1) is 23.8. The van der Waals surface area contributed by atoms with E-state index in [-0.39, 0.29) is 0 Å². The van der Waals surface area contributed by atoms with Gasteiger partial charge in [0.25, 0.3) is 0 Å². The van der Waals surface area contributed by atoms with Gasteiger partial charge in [-0.1, -0.05) is 127 Å². The Hall–Kier alpha value is -6.59. The summed E-state index contributed by atoms with van der Waals surface area (Å²) in [5, 5.41) is 7.24. The zero-order chi connectivity index (χ0) is 31.6. The fourth-order valence-corrected chi connectivity index (χ4v) is 7.30. The minimum atomic E-state index is 0.590. The maximum Gasteiger partial charge on any atom is 0.238 e. The van der Waals surface area contributed by atoms with Crippen LogP contribution in [0.1, 0.15) is 0 Å². The molecule has 0 N–H and O–H groups in total. The van der Waals surface area contributed by atoms with Gasteiger partial charge in [0.2, 0.25) is 5.95 Å². The van der Waals surface area contributed by atoms with Crippen molar-refractivity contribution in [3.63, 3.8) is 0 Å². The molecule has 5 heteroatoms. The van der Waals surface area contributed by atoms with Crippen molar-refractivity contribution in [2.75, 3.05) is 0 Å². The molecule has 224 valence electrons. The van der Waals surface area contributed by atoms with Crippen LogP contribution in [-0.4, -0.2) is 24.1 Å². The maximum atomic E-state index is 5.14. The van der Waals surface area contributed by atoms with Crippen LogP contribution in [0.2, 0.25) is 0 Å². The molecule has 5 nitrogen and oxygen atoms in total. The van der Waals surface area contributed by atoms with Crippen molar-refractivity contribution in [2.45, 2.75) is 0 Å². The smallest absolute Gasteiger partial charge is 0.238 e. The van der Waals surface area contributed by atoms with Gasteiger partial charge in [-0.15, -0.1) is 0 Å². The van der Waals surface area contributed by atoms with Crippen molar-refractivity contribution >= 4 is 54.4 Å². The minimum absolute atomic E-state index is 0.590. The Balaban J connectivity index is 1.35. The number of para-hydroxylation sites is 3. The van der Waals surface area contributed by atoms with Gasteiger partial charge >= 0.3 is 0 Å². The fraction of sp³-hybridized carbons (Fsp3) is 0. The molecule has 0 aliphatic carbocycles. The van der Waals surface area contributed by atoms with Gasteiger partial charge in [0.15, 0.2) is 11.6 Å². The highest BCUT2D eigenvalue weighted by Crippen LogP contribution is 2.43. The Bertz CT molecular complexity index is 2760. The first-order valence-corrected chi connectivity index (χ1v) is 16.1. The van der Waals surface area contributed by atoms with Crippen molar-refractivity contribution < 1.29 is 0 Å². The quantitative estimate of drug-likeness (QED) is 0.198. The molecule has 0 bridgehead atoms. The molecule has 0 radical (unpaired) electrons. The average molecular weight is 614 g/mol. The number of nitrogens with zero attached hydrogens (tertiary/aromatic N) is 5. The summed E-state index contributed by atoms with van der Waals surface area (Å²) < 4.78 is 4.59. The molecule has 10 rings (SSSR count). The fourth-order valence-electron chi connectivity index (χ4n) is 7.30. The normalized spacial score (nSPS) is 11.8. The summed E-state index contributed by atoms with van der Waals surface area (Å²) >= 11 is 0. The molecule has 7 aromatic carbocycles. The van der Waals surface area contributed by atoms with Gasteiger partial charge in [0, 0.05) is 43.7 Å². The maximum absolute atomic E-state index is 5.14. The predicted octanol–water partition coefficient (Wildman–Crippen LogP) is 10.6. The van der Waals surface area contributed by atoms with E-state index >= 15 is 0 Å². The summed E-state index contributed by atoms with van der Waals surface area (Å²) in [4.78, 5) is 15.3. The first kappa shape index (κ1) is 26.6. The van der Waals surface area contributed by atoms with Crippen LogP contribution in [0.25, 0.3) is 88.8 Å². The molecule has 0 fully saturated rings. The Morgan fingerprint density at radius 3 is 1.35 bits per heavy atom. The van der Waals surface area contributed by atoms with Crippen LogP contribution < -0.4 is 0 Å². The number of rotatable bonds is 4. The van der Waals surface area contributed by atoms with E-state index in [1.165, 1.54) is 38.0 Å². The van der Waals surface area contributed by atoms with E-state index in [0.29, 0.717) is 17.6 Å². The Labute approximate surface area is 276 Å². The third kappa shape index (κ3) is 3.94. The summed E-state index contributed by atoms with van der Waals surface area (Å²) in [6.07, 6.45) is 0. The lowest BCUT2D eigenvalue weighted by molar-refractivity contribution is 0.953. The van der Waals surface area contributed by atoms with Gasteiger partial charge in [-0.3, -0.25) is 4.57 Å². The summed E-state index contributed by atoms with van der Waals surface area (Å²) in [6.45, 7) is 0. The summed E-state index contributed by atoms with van der Waals surface area (Å²) in [6, 6.07) is 57.2. The summed E-state index contributed by atoms with van der Waals surface area (Å²) in [5.41, 5.74) is 7.50. The zero-order valence-corrected chi connectivity index (χ0v) is 25.8. The van der Waals surface area contributed by atoms with E-state index in [4.69, 9.17) is 15.0 Å². The highest BCUT2D eigenvalue weighted by atomic mass is 15.2. The van der Waals surface area contributed by atoms with E-state index in [1.54, 1.807) is 0 Å². The Kier molecular flexibility index (Phi) is 5.81. The topological polar surface area (TPSA) is 48.5 Å². The molecule has 0 unspecified atom stereocenters. The van der Waals surface area contributed by atoms with Gasteiger partial charge in [0.1, 0.15) is 0 Å². The van der Waals surface area contributed by atoms with Crippen molar-refractivity contribution in [2.24, 2.45) is 0 Å². The van der Waals surface area contributed by atoms with E-state index in [0.717, 1.165) is 33.2 Å². The lowest BCUT2D eigenvalue weighted by Crippen LogP contribution is -2.06. The van der Waals surface area contributed by atoms with Gasteiger partial charge in [0.05, 0.1) is 22.1 Å². The Morgan fingerprint density at radius 2 is 0.792 bits per heavy atom. The van der Waals surface area contributed by atoms with Crippen LogP contribution in [0.5, 0.6) is 0 Å². The van der Waals surface area contributed by atoms with E-state index in [9.17, 15) is 0 Å². The molecule has 3 heterocycles. The standard InChI is InChI=1S/C43H27N5/c1-4-14-29(15-5-1)41-44-42(30-16-6-2-7-17-30)46-43(45-41)48-35-23-13-11-21-33(35)40-37(48)27-25-28-24-26-36-39(38(28)40)32-20-10-12-22-34(32)47(36)31-18-8-3-9-19-31/h1-27H. The van der Waals surface area contributed by atoms with Crippen molar-refractivity contribution in [1.82, 2.24) is 24.1 Å². The van der Waals surface area contributed by atoms with Crippen LogP contribution in [0.4, 0.5) is 0 Å². The monoisotopic (exact) mass is 613 g/mol. The summed E-state index contributed by atoms with van der Waals surface area (Å²) in [7, 11) is 0. The van der Waals surface area contributed by atoms with Gasteiger partial charge < -0.3 is 4.57 Å². The van der Waals surface area contributed by atoms with Crippen LogP contribution in [0.3, 0.4) is 0 Å². The van der Waals surface area contributed by atoms with Crippen LogP contribution >= 0.6 is 0 Å². The third-order valence-electron chi connectivity index (χ3n) is 9.35. The van der Waals surface area contributed by atoms with Crippen molar-refractivity contribution in [3.05, 3.63) is 164 Å². The molecule has 0 saturated heterocycles. The van der Waals surface area contributed by atoms with E-state index < -0.39 is 0 Å². The number of fused-ring (bicyclic) bond motifs is 9. The number of aromatic nitrogens is 5.